The molecule has 0 aliphatic rings. The number of carbonyl (C=O) groups is 2. The van der Waals surface area contributed by atoms with E-state index >= 15 is 0 Å². The molecule has 3 aromatic rings. The number of hydrazone groups is 1. The number of para-hydroxylation sites is 1. The molecular formula is C24H22FN3O6S. The van der Waals surface area contributed by atoms with Crippen molar-refractivity contribution in [3.05, 3.63) is 90.2 Å². The van der Waals surface area contributed by atoms with E-state index in [1.54, 1.807) is 30.3 Å². The third-order valence-electron chi connectivity index (χ3n) is 4.61. The van der Waals surface area contributed by atoms with E-state index in [-0.39, 0.29) is 17.2 Å². The van der Waals surface area contributed by atoms with Gasteiger partial charge in [0, 0.05) is 0 Å². The Labute approximate surface area is 201 Å². The molecule has 0 bridgehead atoms. The van der Waals surface area contributed by atoms with Crippen LogP contribution in [0.1, 0.15) is 5.56 Å². The van der Waals surface area contributed by atoms with E-state index in [0.717, 1.165) is 6.07 Å². The van der Waals surface area contributed by atoms with E-state index in [1.165, 1.54) is 55.8 Å². The molecular weight excluding hydrogens is 477 g/mol. The summed E-state index contributed by atoms with van der Waals surface area (Å²) in [6, 6.07) is 19.2. The number of nitrogens with zero attached hydrogens (tertiary/aromatic N) is 2. The van der Waals surface area contributed by atoms with Gasteiger partial charge in [-0.05, 0) is 54.1 Å². The van der Waals surface area contributed by atoms with Crippen molar-refractivity contribution < 1.29 is 31.9 Å². The van der Waals surface area contributed by atoms with Crippen LogP contribution in [0.5, 0.6) is 5.75 Å². The van der Waals surface area contributed by atoms with E-state index in [0.29, 0.717) is 15.6 Å². The number of carbonyl (C=O) groups excluding carboxylic acids is 2. The van der Waals surface area contributed by atoms with E-state index in [1.807, 2.05) is 0 Å². The number of ether oxygens (including phenoxy) is 2. The zero-order valence-electron chi connectivity index (χ0n) is 18.6. The number of rotatable bonds is 10. The second-order valence-corrected chi connectivity index (χ2v) is 8.87. The number of anilines is 1. The Hall–Kier alpha value is -4.25. The number of halogens is 1. The summed E-state index contributed by atoms with van der Waals surface area (Å²) in [5.41, 5.74) is 2.58. The molecule has 9 nitrogen and oxygen atoms in total. The normalized spacial score (nSPS) is 11.1. The highest BCUT2D eigenvalue weighted by Crippen LogP contribution is 2.25. The Bertz CT molecular complexity index is 1300. The highest BCUT2D eigenvalue weighted by Gasteiger charge is 2.28. The van der Waals surface area contributed by atoms with Gasteiger partial charge in [0.05, 0.1) is 23.9 Å². The number of hydrogen-bond acceptors (Lipinski definition) is 7. The summed E-state index contributed by atoms with van der Waals surface area (Å²) >= 11 is 0. The zero-order valence-corrected chi connectivity index (χ0v) is 19.4. The monoisotopic (exact) mass is 499 g/mol. The molecule has 0 spiro atoms. The predicted octanol–water partition coefficient (Wildman–Crippen LogP) is 2.72. The van der Waals surface area contributed by atoms with Gasteiger partial charge in [-0.1, -0.05) is 30.3 Å². The molecule has 0 aromatic heterocycles. The maximum Gasteiger partial charge on any atom is 0.343 e. The van der Waals surface area contributed by atoms with Crippen LogP contribution in [0.3, 0.4) is 0 Å². The number of amides is 1. The minimum absolute atomic E-state index is 0.0888. The van der Waals surface area contributed by atoms with Crippen LogP contribution in [0, 0.1) is 5.82 Å². The zero-order chi connectivity index (χ0) is 25.3. The largest absolute Gasteiger partial charge is 0.482 e. The van der Waals surface area contributed by atoms with Crippen LogP contribution in [-0.4, -0.2) is 46.8 Å². The maximum atomic E-state index is 14.5. The van der Waals surface area contributed by atoms with Gasteiger partial charge in [-0.25, -0.2) is 23.0 Å². The molecule has 1 N–H and O–H groups in total. The third kappa shape index (κ3) is 6.87. The molecule has 0 aliphatic heterocycles. The second-order valence-electron chi connectivity index (χ2n) is 7.00. The van der Waals surface area contributed by atoms with Crippen molar-refractivity contribution in [2.24, 2.45) is 5.10 Å². The summed E-state index contributed by atoms with van der Waals surface area (Å²) in [6.07, 6.45) is 1.33. The number of hydrogen-bond donors (Lipinski definition) is 1. The molecule has 0 fully saturated rings. The molecule has 35 heavy (non-hydrogen) atoms. The minimum atomic E-state index is -4.23. The van der Waals surface area contributed by atoms with Gasteiger partial charge in [-0.2, -0.15) is 5.10 Å². The molecule has 0 heterocycles. The molecule has 3 rings (SSSR count). The van der Waals surface area contributed by atoms with Crippen molar-refractivity contribution >= 4 is 33.8 Å². The van der Waals surface area contributed by atoms with E-state index in [9.17, 15) is 22.4 Å². The molecule has 182 valence electrons. The first-order valence-corrected chi connectivity index (χ1v) is 11.7. The Morgan fingerprint density at radius 2 is 1.66 bits per heavy atom. The fourth-order valence-electron chi connectivity index (χ4n) is 2.87. The molecule has 0 unspecified atom stereocenters. The van der Waals surface area contributed by atoms with E-state index in [4.69, 9.17) is 4.74 Å². The van der Waals surface area contributed by atoms with Crippen LogP contribution in [0.15, 0.2) is 88.9 Å². The van der Waals surface area contributed by atoms with Gasteiger partial charge in [0.25, 0.3) is 15.9 Å². The average molecular weight is 500 g/mol. The third-order valence-corrected chi connectivity index (χ3v) is 6.38. The lowest BCUT2D eigenvalue weighted by Gasteiger charge is -2.24. The topological polar surface area (TPSA) is 114 Å². The lowest BCUT2D eigenvalue weighted by atomic mass is 10.2. The summed E-state index contributed by atoms with van der Waals surface area (Å²) in [5.74, 6) is -1.65. The summed E-state index contributed by atoms with van der Waals surface area (Å²) in [6.45, 7) is -0.930. The van der Waals surface area contributed by atoms with Crippen molar-refractivity contribution in [2.75, 3.05) is 24.6 Å². The standard InChI is InChI=1S/C24H22FN3O6S/c1-33-24(30)17-34-19-13-11-18(12-14-19)15-26-27-23(29)16-28(22-10-6-5-9-21(22)25)35(31,32)20-7-3-2-4-8-20/h2-15H,16-17H2,1H3,(H,27,29)/b26-15-. The van der Waals surface area contributed by atoms with Crippen molar-refractivity contribution in [1.29, 1.82) is 0 Å². The predicted molar refractivity (Wildman–Crippen MR) is 127 cm³/mol. The Kier molecular flexibility index (Phi) is 8.52. The minimum Gasteiger partial charge on any atom is -0.482 e. The van der Waals surface area contributed by atoms with Crippen molar-refractivity contribution in [1.82, 2.24) is 5.43 Å². The summed E-state index contributed by atoms with van der Waals surface area (Å²) in [4.78, 5) is 23.5. The molecule has 0 atom stereocenters. The first kappa shape index (κ1) is 25.4. The van der Waals surface area contributed by atoms with E-state index < -0.39 is 34.3 Å². The van der Waals surface area contributed by atoms with Gasteiger partial charge in [0.2, 0.25) is 0 Å². The lowest BCUT2D eigenvalue weighted by molar-refractivity contribution is -0.142. The van der Waals surface area contributed by atoms with Gasteiger partial charge in [-0.3, -0.25) is 9.10 Å². The smallest absolute Gasteiger partial charge is 0.343 e. The van der Waals surface area contributed by atoms with Crippen molar-refractivity contribution in [3.63, 3.8) is 0 Å². The molecule has 0 saturated carbocycles. The number of esters is 1. The average Bonchev–Trinajstić information content (AvgIpc) is 2.87. The number of nitrogens with one attached hydrogen (secondary N) is 1. The highest BCUT2D eigenvalue weighted by molar-refractivity contribution is 7.92. The number of benzene rings is 3. The van der Waals surface area contributed by atoms with Crippen LogP contribution in [0.25, 0.3) is 0 Å². The second kappa shape index (κ2) is 11.7. The van der Waals surface area contributed by atoms with Gasteiger partial charge >= 0.3 is 5.97 Å². The summed E-state index contributed by atoms with van der Waals surface area (Å²) < 4.78 is 51.2. The van der Waals surface area contributed by atoms with Gasteiger partial charge in [0.15, 0.2) is 6.61 Å². The number of methoxy groups -OCH3 is 1. The molecule has 0 radical (unpaired) electrons. The molecule has 3 aromatic carbocycles. The maximum absolute atomic E-state index is 14.5. The highest BCUT2D eigenvalue weighted by atomic mass is 32.2. The Morgan fingerprint density at radius 1 is 1.00 bits per heavy atom. The Morgan fingerprint density at radius 3 is 2.31 bits per heavy atom. The first-order valence-electron chi connectivity index (χ1n) is 10.2. The Balaban J connectivity index is 1.70. The van der Waals surface area contributed by atoms with Gasteiger partial charge in [-0.15, -0.1) is 0 Å². The van der Waals surface area contributed by atoms with Crippen molar-refractivity contribution in [3.8, 4) is 5.75 Å². The summed E-state index contributed by atoms with van der Waals surface area (Å²) in [7, 11) is -2.98. The number of sulfonamides is 1. The first-order chi connectivity index (χ1) is 16.8. The fraction of sp³-hybridized carbons (Fsp3) is 0.125. The van der Waals surface area contributed by atoms with Crippen LogP contribution >= 0.6 is 0 Å². The van der Waals surface area contributed by atoms with Crippen LogP contribution < -0.4 is 14.5 Å². The molecule has 1 amide bonds. The molecule has 0 saturated heterocycles. The van der Waals surface area contributed by atoms with Gasteiger partial charge < -0.3 is 9.47 Å². The van der Waals surface area contributed by atoms with Crippen LogP contribution in [0.4, 0.5) is 10.1 Å². The van der Waals surface area contributed by atoms with Crippen molar-refractivity contribution in [2.45, 2.75) is 4.90 Å². The van der Waals surface area contributed by atoms with E-state index in [2.05, 4.69) is 15.3 Å². The molecule has 11 heteroatoms. The van der Waals surface area contributed by atoms with Crippen LogP contribution in [-0.2, 0) is 24.3 Å². The fourth-order valence-corrected chi connectivity index (χ4v) is 4.32. The quantitative estimate of drug-likeness (QED) is 0.261. The molecule has 0 aliphatic carbocycles. The SMILES string of the molecule is COC(=O)COc1ccc(/C=N\NC(=O)CN(c2ccccc2F)S(=O)(=O)c2ccccc2)cc1. The lowest BCUT2D eigenvalue weighted by Crippen LogP contribution is -2.40. The summed E-state index contributed by atoms with van der Waals surface area (Å²) in [5, 5.41) is 3.83. The van der Waals surface area contributed by atoms with Crippen LogP contribution in [0.2, 0.25) is 0 Å². The van der Waals surface area contributed by atoms with Gasteiger partial charge in [0.1, 0.15) is 18.1 Å².